The van der Waals surface area contributed by atoms with Gasteiger partial charge < -0.3 is 0 Å². The summed E-state index contributed by atoms with van der Waals surface area (Å²) in [5.41, 5.74) is 6.01. The summed E-state index contributed by atoms with van der Waals surface area (Å²) in [6, 6.07) is 8.25. The molecule has 4 rings (SSSR count). The Hall–Kier alpha value is -2.33. The van der Waals surface area contributed by atoms with Crippen molar-refractivity contribution in [2.75, 3.05) is 0 Å². The summed E-state index contributed by atoms with van der Waals surface area (Å²) < 4.78 is 0. The molecule has 1 aliphatic carbocycles. The molecule has 1 aliphatic rings. The van der Waals surface area contributed by atoms with Gasteiger partial charge in [-0.3, -0.25) is 9.97 Å². The van der Waals surface area contributed by atoms with Crippen LogP contribution in [0.1, 0.15) is 31.5 Å². The molecule has 0 N–H and O–H groups in total. The second-order valence-electron chi connectivity index (χ2n) is 6.29. The molecule has 3 heterocycles. The van der Waals surface area contributed by atoms with Crippen LogP contribution in [0.15, 0.2) is 54.5 Å². The number of aromatic nitrogens is 3. The first kappa shape index (κ1) is 15.2. The third-order valence-corrected chi connectivity index (χ3v) is 5.90. The minimum Gasteiger partial charge on any atom is -0.264 e. The number of hydrogen-bond acceptors (Lipinski definition) is 4. The van der Waals surface area contributed by atoms with E-state index in [2.05, 4.69) is 48.9 Å². The van der Waals surface area contributed by atoms with Crippen molar-refractivity contribution < 1.29 is 0 Å². The average Bonchev–Trinajstić information content (AvgIpc) is 3.06. The summed E-state index contributed by atoms with van der Waals surface area (Å²) in [5, 5.41) is 0.980. The Kier molecular flexibility index (Phi) is 3.57. The van der Waals surface area contributed by atoms with E-state index in [1.165, 1.54) is 16.8 Å². The van der Waals surface area contributed by atoms with E-state index in [4.69, 9.17) is 4.98 Å². The highest BCUT2D eigenvalue weighted by Crippen LogP contribution is 2.49. The van der Waals surface area contributed by atoms with Crippen molar-refractivity contribution in [3.05, 3.63) is 65.8 Å². The van der Waals surface area contributed by atoms with Crippen molar-refractivity contribution in [2.24, 2.45) is 0 Å². The molecule has 0 saturated carbocycles. The SMILES string of the molecule is CCC1(c2nc(-c3cnc(-c4cccnc4)s3)ccc2C)C=C1C. The maximum absolute atomic E-state index is 5.01. The summed E-state index contributed by atoms with van der Waals surface area (Å²) in [6.07, 6.45) is 8.95. The van der Waals surface area contributed by atoms with Gasteiger partial charge in [-0.1, -0.05) is 24.6 Å². The third-order valence-electron chi connectivity index (χ3n) is 4.83. The first-order valence-electron chi connectivity index (χ1n) is 8.19. The summed E-state index contributed by atoms with van der Waals surface area (Å²) in [6.45, 7) is 6.58. The maximum Gasteiger partial charge on any atom is 0.125 e. The van der Waals surface area contributed by atoms with Gasteiger partial charge in [-0.25, -0.2) is 4.98 Å². The van der Waals surface area contributed by atoms with Gasteiger partial charge in [-0.15, -0.1) is 11.3 Å². The van der Waals surface area contributed by atoms with E-state index < -0.39 is 0 Å². The van der Waals surface area contributed by atoms with E-state index in [0.717, 1.165) is 27.6 Å². The highest BCUT2D eigenvalue weighted by molar-refractivity contribution is 7.18. The Morgan fingerprint density at radius 2 is 1.96 bits per heavy atom. The Morgan fingerprint density at radius 1 is 1.12 bits per heavy atom. The van der Waals surface area contributed by atoms with E-state index >= 15 is 0 Å². The van der Waals surface area contributed by atoms with Crippen LogP contribution in [0.25, 0.3) is 21.1 Å². The number of rotatable bonds is 4. The van der Waals surface area contributed by atoms with Crippen molar-refractivity contribution in [1.82, 2.24) is 15.0 Å². The fraction of sp³-hybridized carbons (Fsp3) is 0.250. The van der Waals surface area contributed by atoms with Crippen LogP contribution in [0.3, 0.4) is 0 Å². The molecule has 0 aliphatic heterocycles. The molecule has 0 amide bonds. The lowest BCUT2D eigenvalue weighted by Crippen LogP contribution is -2.14. The molecule has 24 heavy (non-hydrogen) atoms. The molecule has 0 spiro atoms. The molecule has 3 aromatic heterocycles. The number of nitrogens with zero attached hydrogens (tertiary/aromatic N) is 3. The highest BCUT2D eigenvalue weighted by atomic mass is 32.1. The van der Waals surface area contributed by atoms with Gasteiger partial charge in [0.2, 0.25) is 0 Å². The van der Waals surface area contributed by atoms with Crippen molar-refractivity contribution in [2.45, 2.75) is 32.6 Å². The van der Waals surface area contributed by atoms with Gasteiger partial charge in [0, 0.05) is 24.2 Å². The zero-order valence-electron chi connectivity index (χ0n) is 14.1. The predicted octanol–water partition coefficient (Wildman–Crippen LogP) is 5.18. The molecule has 0 saturated heterocycles. The van der Waals surface area contributed by atoms with Crippen LogP contribution < -0.4 is 0 Å². The van der Waals surface area contributed by atoms with Crippen LogP contribution in [0.4, 0.5) is 0 Å². The molecular weight excluding hydrogens is 314 g/mol. The molecule has 0 fully saturated rings. The number of hydrogen-bond donors (Lipinski definition) is 0. The molecule has 4 heteroatoms. The van der Waals surface area contributed by atoms with Crippen LogP contribution in [0, 0.1) is 6.92 Å². The molecule has 3 nitrogen and oxygen atoms in total. The largest absolute Gasteiger partial charge is 0.264 e. The standard InChI is InChI=1S/C20H19N3S/c1-4-20(10-14(20)3)18-13(2)7-8-16(23-18)17-12-22-19(24-17)15-6-5-9-21-11-15/h5-12H,4H2,1-3H3. The van der Waals surface area contributed by atoms with Crippen molar-refractivity contribution >= 4 is 11.3 Å². The van der Waals surface area contributed by atoms with Crippen LogP contribution in [0.5, 0.6) is 0 Å². The smallest absolute Gasteiger partial charge is 0.125 e. The van der Waals surface area contributed by atoms with Gasteiger partial charge in [0.25, 0.3) is 0 Å². The molecule has 120 valence electrons. The van der Waals surface area contributed by atoms with Crippen molar-refractivity contribution in [3.63, 3.8) is 0 Å². The zero-order chi connectivity index (χ0) is 16.7. The molecule has 0 radical (unpaired) electrons. The van der Waals surface area contributed by atoms with Crippen LogP contribution in [-0.2, 0) is 5.41 Å². The van der Waals surface area contributed by atoms with Crippen LogP contribution in [-0.4, -0.2) is 15.0 Å². The maximum atomic E-state index is 5.01. The van der Waals surface area contributed by atoms with Gasteiger partial charge in [0.05, 0.1) is 21.7 Å². The van der Waals surface area contributed by atoms with E-state index in [0.29, 0.717) is 0 Å². The lowest BCUT2D eigenvalue weighted by atomic mass is 9.89. The van der Waals surface area contributed by atoms with E-state index in [-0.39, 0.29) is 5.41 Å². The molecule has 1 atom stereocenters. The van der Waals surface area contributed by atoms with E-state index in [1.54, 1.807) is 17.5 Å². The Bertz CT molecular complexity index is 927. The van der Waals surface area contributed by atoms with Gasteiger partial charge in [0.1, 0.15) is 5.01 Å². The molecule has 1 unspecified atom stereocenters. The Labute approximate surface area is 146 Å². The van der Waals surface area contributed by atoms with Crippen LogP contribution >= 0.6 is 11.3 Å². The monoisotopic (exact) mass is 333 g/mol. The third kappa shape index (κ3) is 2.38. The quantitative estimate of drug-likeness (QED) is 0.617. The van der Waals surface area contributed by atoms with E-state index in [9.17, 15) is 0 Å². The first-order chi connectivity index (χ1) is 11.6. The minimum absolute atomic E-state index is 0.0803. The van der Waals surface area contributed by atoms with Gasteiger partial charge in [-0.2, -0.15) is 0 Å². The molecular formula is C20H19N3S. The molecule has 0 aromatic carbocycles. The first-order valence-corrected chi connectivity index (χ1v) is 9.00. The summed E-state index contributed by atoms with van der Waals surface area (Å²) in [7, 11) is 0. The number of aryl methyl sites for hydroxylation is 1. The summed E-state index contributed by atoms with van der Waals surface area (Å²) in [4.78, 5) is 14.8. The van der Waals surface area contributed by atoms with Gasteiger partial charge >= 0.3 is 0 Å². The highest BCUT2D eigenvalue weighted by Gasteiger charge is 2.43. The fourth-order valence-electron chi connectivity index (χ4n) is 3.27. The Balaban J connectivity index is 1.72. The fourth-order valence-corrected chi connectivity index (χ4v) is 4.15. The van der Waals surface area contributed by atoms with Crippen molar-refractivity contribution in [3.8, 4) is 21.1 Å². The number of allylic oxidation sites excluding steroid dienone is 2. The van der Waals surface area contributed by atoms with E-state index in [1.807, 2.05) is 24.5 Å². The average molecular weight is 333 g/mol. The summed E-state index contributed by atoms with van der Waals surface area (Å²) >= 11 is 1.66. The minimum atomic E-state index is 0.0803. The Morgan fingerprint density at radius 3 is 2.62 bits per heavy atom. The topological polar surface area (TPSA) is 38.7 Å². The second kappa shape index (κ2) is 5.64. The lowest BCUT2D eigenvalue weighted by molar-refractivity contribution is 0.673. The number of thiazole rings is 1. The second-order valence-corrected chi connectivity index (χ2v) is 7.32. The predicted molar refractivity (Wildman–Crippen MR) is 99.0 cm³/mol. The summed E-state index contributed by atoms with van der Waals surface area (Å²) in [5.74, 6) is 0. The van der Waals surface area contributed by atoms with Crippen LogP contribution in [0.2, 0.25) is 0 Å². The lowest BCUT2D eigenvalue weighted by Gasteiger charge is -2.18. The van der Waals surface area contributed by atoms with Crippen molar-refractivity contribution in [1.29, 1.82) is 0 Å². The molecule has 0 bridgehead atoms. The van der Waals surface area contributed by atoms with Gasteiger partial charge in [0.15, 0.2) is 0 Å². The zero-order valence-corrected chi connectivity index (χ0v) is 14.9. The molecule has 3 aromatic rings. The number of pyridine rings is 2. The van der Waals surface area contributed by atoms with Gasteiger partial charge in [-0.05, 0) is 44.0 Å². The normalized spacial score (nSPS) is 19.2.